The van der Waals surface area contributed by atoms with Gasteiger partial charge < -0.3 is 5.32 Å². The van der Waals surface area contributed by atoms with Crippen LogP contribution in [0.4, 0.5) is 10.9 Å². The maximum Gasteiger partial charge on any atom is 0.257 e. The predicted molar refractivity (Wildman–Crippen MR) is 73.3 cm³/mol. The highest BCUT2D eigenvalue weighted by Crippen LogP contribution is 2.21. The number of nitrogens with one attached hydrogen (secondary N) is 2. The van der Waals surface area contributed by atoms with Gasteiger partial charge in [-0.2, -0.15) is 0 Å². The average Bonchev–Trinajstić information content (AvgIpc) is 2.68. The van der Waals surface area contributed by atoms with Gasteiger partial charge in [-0.05, 0) is 26.0 Å². The van der Waals surface area contributed by atoms with E-state index in [1.165, 1.54) is 11.3 Å². The summed E-state index contributed by atoms with van der Waals surface area (Å²) in [4.78, 5) is 21.4. The lowest BCUT2D eigenvalue weighted by Crippen LogP contribution is -2.12. The lowest BCUT2D eigenvalue weighted by atomic mass is 10.2. The van der Waals surface area contributed by atoms with Crippen LogP contribution in [0.15, 0.2) is 18.3 Å². The molecule has 2 aromatic rings. The van der Waals surface area contributed by atoms with Crippen molar-refractivity contribution in [2.24, 2.45) is 0 Å². The van der Waals surface area contributed by atoms with E-state index in [-0.39, 0.29) is 5.91 Å². The maximum absolute atomic E-state index is 12.0. The molecule has 6 heteroatoms. The zero-order valence-corrected chi connectivity index (χ0v) is 11.3. The third-order valence-corrected chi connectivity index (χ3v) is 3.52. The van der Waals surface area contributed by atoms with E-state index in [0.717, 1.165) is 10.6 Å². The summed E-state index contributed by atoms with van der Waals surface area (Å²) >= 11 is 1.47. The summed E-state index contributed by atoms with van der Waals surface area (Å²) < 4.78 is 0. The minimum atomic E-state index is -0.178. The molecule has 0 aromatic carbocycles. The maximum atomic E-state index is 12.0. The zero-order chi connectivity index (χ0) is 13.1. The summed E-state index contributed by atoms with van der Waals surface area (Å²) in [7, 11) is 1.76. The van der Waals surface area contributed by atoms with Crippen LogP contribution in [0, 0.1) is 13.8 Å². The zero-order valence-electron chi connectivity index (χ0n) is 10.4. The lowest BCUT2D eigenvalue weighted by Gasteiger charge is -2.03. The molecule has 2 N–H and O–H groups in total. The van der Waals surface area contributed by atoms with Crippen LogP contribution in [0.5, 0.6) is 0 Å². The van der Waals surface area contributed by atoms with Crippen molar-refractivity contribution in [3.8, 4) is 0 Å². The highest BCUT2D eigenvalue weighted by molar-refractivity contribution is 7.15. The number of hydrogen-bond donors (Lipinski definition) is 2. The third kappa shape index (κ3) is 2.65. The fraction of sp³-hybridized carbons (Fsp3) is 0.250. The van der Waals surface area contributed by atoms with Crippen molar-refractivity contribution in [1.82, 2.24) is 9.97 Å². The molecular weight excluding hydrogens is 248 g/mol. The summed E-state index contributed by atoms with van der Waals surface area (Å²) in [6.45, 7) is 3.90. The van der Waals surface area contributed by atoms with E-state index >= 15 is 0 Å². The highest BCUT2D eigenvalue weighted by Gasteiger charge is 2.10. The number of nitrogens with zero attached hydrogens (tertiary/aromatic N) is 2. The van der Waals surface area contributed by atoms with Crippen molar-refractivity contribution in [3.05, 3.63) is 34.5 Å². The molecule has 5 nitrogen and oxygen atoms in total. The number of carbonyl (C=O) groups is 1. The molecule has 0 radical (unpaired) electrons. The second kappa shape index (κ2) is 5.14. The molecule has 0 atom stereocenters. The summed E-state index contributed by atoms with van der Waals surface area (Å²) in [5, 5.41) is 6.30. The largest absolute Gasteiger partial charge is 0.373 e. The van der Waals surface area contributed by atoms with Gasteiger partial charge in [0, 0.05) is 23.7 Å². The molecule has 2 aromatic heterocycles. The number of carbonyl (C=O) groups excluding carboxylic acids is 1. The monoisotopic (exact) mass is 262 g/mol. The second-order valence-corrected chi connectivity index (χ2v) is 5.00. The van der Waals surface area contributed by atoms with Crippen molar-refractivity contribution in [1.29, 1.82) is 0 Å². The number of aryl methyl sites for hydroxylation is 2. The van der Waals surface area contributed by atoms with Gasteiger partial charge in [-0.15, -0.1) is 11.3 Å². The Hall–Kier alpha value is -1.95. The third-order valence-electron chi connectivity index (χ3n) is 2.53. The minimum Gasteiger partial charge on any atom is -0.373 e. The fourth-order valence-electron chi connectivity index (χ4n) is 1.40. The minimum absolute atomic E-state index is 0.178. The van der Waals surface area contributed by atoms with Crippen molar-refractivity contribution in [2.75, 3.05) is 17.7 Å². The molecule has 0 saturated heterocycles. The number of amides is 1. The van der Waals surface area contributed by atoms with Crippen LogP contribution >= 0.6 is 11.3 Å². The van der Waals surface area contributed by atoms with Gasteiger partial charge in [-0.25, -0.2) is 9.97 Å². The number of aromatic nitrogens is 2. The van der Waals surface area contributed by atoms with Crippen molar-refractivity contribution in [3.63, 3.8) is 0 Å². The van der Waals surface area contributed by atoms with E-state index in [4.69, 9.17) is 0 Å². The Morgan fingerprint density at radius 2 is 2.17 bits per heavy atom. The van der Waals surface area contributed by atoms with Gasteiger partial charge in [0.05, 0.1) is 5.69 Å². The normalized spacial score (nSPS) is 10.2. The predicted octanol–water partition coefficient (Wildman–Crippen LogP) is 2.45. The van der Waals surface area contributed by atoms with Crippen molar-refractivity contribution >= 4 is 28.2 Å². The molecule has 1 amide bonds. The molecular formula is C12H14N4OS. The van der Waals surface area contributed by atoms with E-state index in [1.54, 1.807) is 25.4 Å². The second-order valence-electron chi connectivity index (χ2n) is 3.79. The van der Waals surface area contributed by atoms with Crippen LogP contribution in [0.2, 0.25) is 0 Å². The Balaban J connectivity index is 2.16. The van der Waals surface area contributed by atoms with E-state index in [0.29, 0.717) is 16.5 Å². The molecule has 0 unspecified atom stereocenters. The lowest BCUT2D eigenvalue weighted by molar-refractivity contribution is 0.102. The average molecular weight is 262 g/mol. The van der Waals surface area contributed by atoms with Gasteiger partial charge in [-0.3, -0.25) is 10.1 Å². The molecule has 0 fully saturated rings. The molecule has 0 aliphatic rings. The summed E-state index contributed by atoms with van der Waals surface area (Å²) in [6.07, 6.45) is 1.60. The molecule has 0 spiro atoms. The van der Waals surface area contributed by atoms with Crippen molar-refractivity contribution < 1.29 is 4.79 Å². The SMILES string of the molecule is CNc1cc(C(=O)Nc2nc(C)c(C)s2)ccn1. The standard InChI is InChI=1S/C12H14N4OS/c1-7-8(2)18-12(15-7)16-11(17)9-4-5-14-10(6-9)13-3/h4-6H,1-3H3,(H,13,14)(H,15,16,17). The number of hydrogen-bond acceptors (Lipinski definition) is 5. The molecule has 0 aliphatic heterocycles. The van der Waals surface area contributed by atoms with Gasteiger partial charge in [0.2, 0.25) is 0 Å². The number of anilines is 2. The number of pyridine rings is 1. The quantitative estimate of drug-likeness (QED) is 0.891. The molecule has 2 rings (SSSR count). The Morgan fingerprint density at radius 1 is 1.39 bits per heavy atom. The first-order chi connectivity index (χ1) is 8.60. The van der Waals surface area contributed by atoms with Crippen LogP contribution in [-0.4, -0.2) is 22.9 Å². The van der Waals surface area contributed by atoms with Gasteiger partial charge in [0.1, 0.15) is 5.82 Å². The smallest absolute Gasteiger partial charge is 0.257 e. The molecule has 0 bridgehead atoms. The Bertz CT molecular complexity index is 560. The number of rotatable bonds is 3. The van der Waals surface area contributed by atoms with Gasteiger partial charge in [-0.1, -0.05) is 0 Å². The van der Waals surface area contributed by atoms with Crippen LogP contribution in [0.1, 0.15) is 20.9 Å². The Morgan fingerprint density at radius 3 is 2.78 bits per heavy atom. The Labute approximate surface area is 109 Å². The topological polar surface area (TPSA) is 66.9 Å². The van der Waals surface area contributed by atoms with E-state index < -0.39 is 0 Å². The first-order valence-electron chi connectivity index (χ1n) is 5.49. The fourth-order valence-corrected chi connectivity index (χ4v) is 2.21. The van der Waals surface area contributed by atoms with Crippen molar-refractivity contribution in [2.45, 2.75) is 13.8 Å². The van der Waals surface area contributed by atoms with E-state index in [9.17, 15) is 4.79 Å². The Kier molecular flexibility index (Phi) is 3.57. The van der Waals surface area contributed by atoms with E-state index in [2.05, 4.69) is 20.6 Å². The summed E-state index contributed by atoms with van der Waals surface area (Å²) in [5.74, 6) is 0.483. The first kappa shape index (κ1) is 12.5. The van der Waals surface area contributed by atoms with Gasteiger partial charge >= 0.3 is 0 Å². The highest BCUT2D eigenvalue weighted by atomic mass is 32.1. The van der Waals surface area contributed by atoms with E-state index in [1.807, 2.05) is 13.8 Å². The summed E-state index contributed by atoms with van der Waals surface area (Å²) in [5.41, 5.74) is 1.50. The molecule has 2 heterocycles. The van der Waals surface area contributed by atoms with Gasteiger partial charge in [0.15, 0.2) is 5.13 Å². The van der Waals surface area contributed by atoms with Crippen LogP contribution < -0.4 is 10.6 Å². The van der Waals surface area contributed by atoms with Crippen LogP contribution in [0.3, 0.4) is 0 Å². The van der Waals surface area contributed by atoms with Crippen LogP contribution in [-0.2, 0) is 0 Å². The molecule has 0 aliphatic carbocycles. The summed E-state index contributed by atoms with van der Waals surface area (Å²) in [6, 6.07) is 3.37. The molecule has 0 saturated carbocycles. The molecule has 94 valence electrons. The molecule has 18 heavy (non-hydrogen) atoms. The number of thiazole rings is 1. The first-order valence-corrected chi connectivity index (χ1v) is 6.31. The van der Waals surface area contributed by atoms with Gasteiger partial charge in [0.25, 0.3) is 5.91 Å². The van der Waals surface area contributed by atoms with Crippen LogP contribution in [0.25, 0.3) is 0 Å².